The maximum atomic E-state index is 6.28. The highest BCUT2D eigenvalue weighted by Crippen LogP contribution is 2.50. The van der Waals surface area contributed by atoms with Crippen LogP contribution in [0.3, 0.4) is 0 Å². The lowest BCUT2D eigenvalue weighted by atomic mass is 9.95. The molecule has 0 atom stereocenters. The normalized spacial score (nSPS) is 20.7. The molecule has 1 aromatic carbocycles. The molecule has 0 saturated heterocycles. The summed E-state index contributed by atoms with van der Waals surface area (Å²) in [4.78, 5) is 0. The summed E-state index contributed by atoms with van der Waals surface area (Å²) in [5.74, 6) is 1.38. The first kappa shape index (κ1) is 12.1. The van der Waals surface area contributed by atoms with Crippen LogP contribution in [0.2, 0.25) is 5.02 Å². The van der Waals surface area contributed by atoms with Gasteiger partial charge in [0.1, 0.15) is 0 Å². The smallest absolute Gasteiger partial charge is 0.179 e. The van der Waals surface area contributed by atoms with Crippen LogP contribution in [0.5, 0.6) is 11.5 Å². The molecular formula is C14H18ClNO2. The monoisotopic (exact) mass is 267 g/mol. The van der Waals surface area contributed by atoms with Crippen molar-refractivity contribution in [2.24, 2.45) is 11.1 Å². The van der Waals surface area contributed by atoms with E-state index in [-0.39, 0.29) is 5.41 Å². The van der Waals surface area contributed by atoms with Gasteiger partial charge in [-0.2, -0.15) is 0 Å². The van der Waals surface area contributed by atoms with Gasteiger partial charge in [0.2, 0.25) is 0 Å². The van der Waals surface area contributed by atoms with Gasteiger partial charge in [-0.05, 0) is 44.4 Å². The molecule has 1 aliphatic heterocycles. The van der Waals surface area contributed by atoms with Crippen LogP contribution in [0, 0.1) is 5.41 Å². The van der Waals surface area contributed by atoms with Crippen molar-refractivity contribution in [3.63, 3.8) is 0 Å². The second-order valence-electron chi connectivity index (χ2n) is 6.08. The van der Waals surface area contributed by atoms with Gasteiger partial charge in [-0.3, -0.25) is 0 Å². The summed E-state index contributed by atoms with van der Waals surface area (Å²) in [6.45, 7) is 5.31. The highest BCUT2D eigenvalue weighted by molar-refractivity contribution is 6.32. The van der Waals surface area contributed by atoms with E-state index in [1.54, 1.807) is 0 Å². The first-order valence-electron chi connectivity index (χ1n) is 6.28. The third kappa shape index (κ3) is 2.06. The Bertz CT molecular complexity index is 489. The molecule has 1 fully saturated rings. The summed E-state index contributed by atoms with van der Waals surface area (Å²) in [6, 6.07) is 3.82. The standard InChI is InChI=1S/C14H18ClNO2/c1-13(2,16)9-5-10(15)12-11(6-9)17-7-14(3-4-14)8-18-12/h5-6H,3-4,7-8,16H2,1-2H3. The SMILES string of the molecule is CC(C)(N)c1cc(Cl)c2c(c1)OCC1(CC1)CO2. The van der Waals surface area contributed by atoms with Crippen LogP contribution in [0.25, 0.3) is 0 Å². The van der Waals surface area contributed by atoms with E-state index in [1.807, 2.05) is 26.0 Å². The molecule has 0 unspecified atom stereocenters. The second kappa shape index (κ2) is 3.78. The van der Waals surface area contributed by atoms with E-state index in [4.69, 9.17) is 26.8 Å². The van der Waals surface area contributed by atoms with Crippen LogP contribution in [0.4, 0.5) is 0 Å². The van der Waals surface area contributed by atoms with Crippen molar-refractivity contribution >= 4 is 11.6 Å². The molecule has 1 spiro atoms. The number of fused-ring (bicyclic) bond motifs is 1. The second-order valence-corrected chi connectivity index (χ2v) is 6.49. The molecular weight excluding hydrogens is 250 g/mol. The summed E-state index contributed by atoms with van der Waals surface area (Å²) >= 11 is 6.28. The molecule has 2 aliphatic rings. The van der Waals surface area contributed by atoms with Gasteiger partial charge >= 0.3 is 0 Å². The fourth-order valence-corrected chi connectivity index (χ4v) is 2.42. The third-order valence-electron chi connectivity index (χ3n) is 3.77. The Morgan fingerprint density at radius 3 is 2.50 bits per heavy atom. The van der Waals surface area contributed by atoms with E-state index in [0.29, 0.717) is 24.0 Å². The van der Waals surface area contributed by atoms with Crippen molar-refractivity contribution < 1.29 is 9.47 Å². The number of hydrogen-bond acceptors (Lipinski definition) is 3. The molecule has 18 heavy (non-hydrogen) atoms. The minimum absolute atomic E-state index is 0.223. The van der Waals surface area contributed by atoms with Crippen LogP contribution in [-0.4, -0.2) is 13.2 Å². The molecule has 1 aromatic rings. The molecule has 0 amide bonds. The number of rotatable bonds is 1. The lowest BCUT2D eigenvalue weighted by Crippen LogP contribution is -2.28. The third-order valence-corrected chi connectivity index (χ3v) is 4.05. The molecule has 98 valence electrons. The van der Waals surface area contributed by atoms with Crippen LogP contribution in [-0.2, 0) is 5.54 Å². The zero-order valence-electron chi connectivity index (χ0n) is 10.8. The molecule has 0 radical (unpaired) electrons. The predicted molar refractivity (Wildman–Crippen MR) is 71.3 cm³/mol. The first-order valence-corrected chi connectivity index (χ1v) is 6.66. The van der Waals surface area contributed by atoms with Crippen LogP contribution < -0.4 is 15.2 Å². The van der Waals surface area contributed by atoms with E-state index < -0.39 is 5.54 Å². The molecule has 3 nitrogen and oxygen atoms in total. The van der Waals surface area contributed by atoms with Gasteiger partial charge in [0.15, 0.2) is 11.5 Å². The van der Waals surface area contributed by atoms with Crippen molar-refractivity contribution in [1.29, 1.82) is 0 Å². The number of hydrogen-bond donors (Lipinski definition) is 1. The summed E-state index contributed by atoms with van der Waals surface area (Å²) < 4.78 is 11.7. The van der Waals surface area contributed by atoms with E-state index in [0.717, 1.165) is 11.3 Å². The molecule has 0 bridgehead atoms. The topological polar surface area (TPSA) is 44.5 Å². The average molecular weight is 268 g/mol. The Morgan fingerprint density at radius 1 is 1.22 bits per heavy atom. The van der Waals surface area contributed by atoms with Crippen molar-refractivity contribution in [1.82, 2.24) is 0 Å². The minimum atomic E-state index is -0.439. The first-order chi connectivity index (χ1) is 8.40. The fourth-order valence-electron chi connectivity index (χ4n) is 2.15. The summed E-state index contributed by atoms with van der Waals surface area (Å²) in [5, 5.41) is 0.582. The van der Waals surface area contributed by atoms with Crippen molar-refractivity contribution in [2.45, 2.75) is 32.2 Å². The van der Waals surface area contributed by atoms with Crippen LogP contribution in [0.15, 0.2) is 12.1 Å². The maximum Gasteiger partial charge on any atom is 0.179 e. The Morgan fingerprint density at radius 2 is 1.89 bits per heavy atom. The quantitative estimate of drug-likeness (QED) is 0.850. The lowest BCUT2D eigenvalue weighted by Gasteiger charge is -2.21. The molecule has 3 rings (SSSR count). The maximum absolute atomic E-state index is 6.28. The van der Waals surface area contributed by atoms with E-state index in [1.165, 1.54) is 12.8 Å². The average Bonchev–Trinajstić information content (AvgIpc) is 3.06. The Hall–Kier alpha value is -0.930. The minimum Gasteiger partial charge on any atom is -0.489 e. The molecule has 0 aromatic heterocycles. The molecule has 4 heteroatoms. The van der Waals surface area contributed by atoms with Gasteiger partial charge in [-0.15, -0.1) is 0 Å². The number of ether oxygens (including phenoxy) is 2. The number of halogens is 1. The lowest BCUT2D eigenvalue weighted by molar-refractivity contribution is 0.197. The number of benzene rings is 1. The summed E-state index contributed by atoms with van der Waals surface area (Å²) in [5.41, 5.74) is 6.85. The number of nitrogens with two attached hydrogens (primary N) is 1. The fraction of sp³-hybridized carbons (Fsp3) is 0.571. The Balaban J connectivity index is 1.99. The van der Waals surface area contributed by atoms with Crippen LogP contribution >= 0.6 is 11.6 Å². The van der Waals surface area contributed by atoms with E-state index >= 15 is 0 Å². The zero-order chi connectivity index (χ0) is 13.0. The predicted octanol–water partition coefficient (Wildman–Crippen LogP) is 3.09. The van der Waals surface area contributed by atoms with Gasteiger partial charge in [0.25, 0.3) is 0 Å². The molecule has 1 aliphatic carbocycles. The molecule has 2 N–H and O–H groups in total. The Labute approximate surface area is 112 Å². The van der Waals surface area contributed by atoms with Gasteiger partial charge in [0, 0.05) is 11.0 Å². The highest BCUT2D eigenvalue weighted by Gasteiger charge is 2.46. The summed E-state index contributed by atoms with van der Waals surface area (Å²) in [6.07, 6.45) is 2.35. The van der Waals surface area contributed by atoms with Crippen LogP contribution in [0.1, 0.15) is 32.3 Å². The largest absolute Gasteiger partial charge is 0.489 e. The molecule has 1 saturated carbocycles. The van der Waals surface area contributed by atoms with Gasteiger partial charge in [-0.25, -0.2) is 0 Å². The van der Waals surface area contributed by atoms with Crippen molar-refractivity contribution in [3.05, 3.63) is 22.7 Å². The molecule has 1 heterocycles. The van der Waals surface area contributed by atoms with Gasteiger partial charge < -0.3 is 15.2 Å². The van der Waals surface area contributed by atoms with E-state index in [9.17, 15) is 0 Å². The van der Waals surface area contributed by atoms with Gasteiger partial charge in [-0.1, -0.05) is 11.6 Å². The van der Waals surface area contributed by atoms with Crippen molar-refractivity contribution in [2.75, 3.05) is 13.2 Å². The zero-order valence-corrected chi connectivity index (χ0v) is 11.5. The van der Waals surface area contributed by atoms with Gasteiger partial charge in [0.05, 0.1) is 18.2 Å². The summed E-state index contributed by atoms with van der Waals surface area (Å²) in [7, 11) is 0. The van der Waals surface area contributed by atoms with Crippen molar-refractivity contribution in [3.8, 4) is 11.5 Å². The highest BCUT2D eigenvalue weighted by atomic mass is 35.5. The Kier molecular flexibility index (Phi) is 2.55. The van der Waals surface area contributed by atoms with E-state index in [2.05, 4.69) is 0 Å².